The van der Waals surface area contributed by atoms with E-state index < -0.39 is 12.0 Å². The number of amides is 2. The number of nitrogens with one attached hydrogen (secondary N) is 1. The predicted octanol–water partition coefficient (Wildman–Crippen LogP) is 2.23. The topological polar surface area (TPSA) is 86.7 Å². The number of carboxylic acids is 1. The van der Waals surface area contributed by atoms with Gasteiger partial charge >= 0.3 is 5.97 Å². The fraction of sp³-hybridized carbons (Fsp3) is 0.471. The van der Waals surface area contributed by atoms with Crippen molar-refractivity contribution >= 4 is 29.4 Å². The molecule has 1 heterocycles. The van der Waals surface area contributed by atoms with E-state index in [4.69, 9.17) is 16.7 Å². The SMILES string of the molecule is CC(=O)NC(CC(=O)N1CCC(C(=O)O)CC1)c1ccc(Cl)cc1. The van der Waals surface area contributed by atoms with Crippen molar-refractivity contribution in [3.05, 3.63) is 34.9 Å². The third kappa shape index (κ3) is 4.96. The van der Waals surface area contributed by atoms with Crippen LogP contribution in [0.1, 0.15) is 37.8 Å². The highest BCUT2D eigenvalue weighted by Gasteiger charge is 2.28. The number of aliphatic carboxylic acids is 1. The summed E-state index contributed by atoms with van der Waals surface area (Å²) in [5, 5.41) is 12.4. The molecule has 0 aromatic heterocycles. The van der Waals surface area contributed by atoms with Gasteiger partial charge < -0.3 is 15.3 Å². The van der Waals surface area contributed by atoms with Crippen LogP contribution in [0.4, 0.5) is 0 Å². The lowest BCUT2D eigenvalue weighted by atomic mass is 9.96. The van der Waals surface area contributed by atoms with Crippen LogP contribution in [0.5, 0.6) is 0 Å². The summed E-state index contributed by atoms with van der Waals surface area (Å²) < 4.78 is 0. The fourth-order valence-corrected chi connectivity index (χ4v) is 3.00. The molecule has 0 aliphatic carbocycles. The number of nitrogens with zero attached hydrogens (tertiary/aromatic N) is 1. The maximum Gasteiger partial charge on any atom is 0.306 e. The van der Waals surface area contributed by atoms with Crippen molar-refractivity contribution in [2.75, 3.05) is 13.1 Å². The maximum atomic E-state index is 12.5. The van der Waals surface area contributed by atoms with Gasteiger partial charge in [-0.1, -0.05) is 23.7 Å². The van der Waals surface area contributed by atoms with Gasteiger partial charge in [-0.3, -0.25) is 14.4 Å². The minimum atomic E-state index is -0.806. The van der Waals surface area contributed by atoms with E-state index in [1.54, 1.807) is 29.2 Å². The Labute approximate surface area is 145 Å². The standard InChI is InChI=1S/C17H21ClN2O4/c1-11(21)19-15(12-2-4-14(18)5-3-12)10-16(22)20-8-6-13(7-9-20)17(23)24/h2-5,13,15H,6-10H2,1H3,(H,19,21)(H,23,24). The van der Waals surface area contributed by atoms with E-state index in [-0.39, 0.29) is 24.2 Å². The van der Waals surface area contributed by atoms with Crippen LogP contribution < -0.4 is 5.32 Å². The lowest BCUT2D eigenvalue weighted by molar-refractivity contribution is -0.146. The Hall–Kier alpha value is -2.08. The summed E-state index contributed by atoms with van der Waals surface area (Å²) in [4.78, 5) is 36.6. The summed E-state index contributed by atoms with van der Waals surface area (Å²) >= 11 is 5.88. The molecule has 6 nitrogen and oxygen atoms in total. The van der Waals surface area contributed by atoms with E-state index >= 15 is 0 Å². The van der Waals surface area contributed by atoms with Crippen molar-refractivity contribution in [2.24, 2.45) is 5.92 Å². The molecule has 1 fully saturated rings. The molecule has 1 aliphatic rings. The quantitative estimate of drug-likeness (QED) is 0.850. The number of rotatable bonds is 5. The van der Waals surface area contributed by atoms with Gasteiger partial charge in [0.15, 0.2) is 0 Å². The zero-order chi connectivity index (χ0) is 17.7. The van der Waals surface area contributed by atoms with Gasteiger partial charge in [-0.05, 0) is 30.5 Å². The average molecular weight is 353 g/mol. The number of carboxylic acid groups (broad SMARTS) is 1. The molecule has 2 N–H and O–H groups in total. The van der Waals surface area contributed by atoms with Gasteiger partial charge in [-0.2, -0.15) is 0 Å². The first-order valence-electron chi connectivity index (χ1n) is 7.90. The minimum Gasteiger partial charge on any atom is -0.481 e. The summed E-state index contributed by atoms with van der Waals surface area (Å²) in [7, 11) is 0. The first kappa shape index (κ1) is 18.3. The van der Waals surface area contributed by atoms with E-state index in [1.807, 2.05) is 0 Å². The van der Waals surface area contributed by atoms with Crippen molar-refractivity contribution in [1.82, 2.24) is 10.2 Å². The Balaban J connectivity index is 2.01. The highest BCUT2D eigenvalue weighted by atomic mass is 35.5. The molecular weight excluding hydrogens is 332 g/mol. The first-order valence-corrected chi connectivity index (χ1v) is 8.27. The molecule has 130 valence electrons. The third-order valence-corrected chi connectivity index (χ3v) is 4.48. The second kappa shape index (κ2) is 8.15. The number of piperidine rings is 1. The molecule has 7 heteroatoms. The maximum absolute atomic E-state index is 12.5. The number of hydrogen-bond acceptors (Lipinski definition) is 3. The van der Waals surface area contributed by atoms with Gasteiger partial charge in [0.05, 0.1) is 18.4 Å². The smallest absolute Gasteiger partial charge is 0.306 e. The zero-order valence-electron chi connectivity index (χ0n) is 13.5. The van der Waals surface area contributed by atoms with E-state index in [2.05, 4.69) is 5.32 Å². The Bertz CT molecular complexity index is 610. The van der Waals surface area contributed by atoms with Gasteiger partial charge in [0.25, 0.3) is 0 Å². The summed E-state index contributed by atoms with van der Waals surface area (Å²) in [6, 6.07) is 6.58. The molecule has 24 heavy (non-hydrogen) atoms. The number of hydrogen-bond donors (Lipinski definition) is 2. The second-order valence-corrected chi connectivity index (χ2v) is 6.44. The van der Waals surface area contributed by atoms with Crippen LogP contribution in [0.2, 0.25) is 5.02 Å². The van der Waals surface area contributed by atoms with E-state index in [9.17, 15) is 14.4 Å². The van der Waals surface area contributed by atoms with Gasteiger partial charge in [-0.25, -0.2) is 0 Å². The Morgan fingerprint density at radius 3 is 2.33 bits per heavy atom. The molecule has 0 saturated carbocycles. The molecule has 0 radical (unpaired) electrons. The van der Waals surface area contributed by atoms with Crippen LogP contribution >= 0.6 is 11.6 Å². The Kier molecular flexibility index (Phi) is 6.20. The second-order valence-electron chi connectivity index (χ2n) is 6.00. The highest BCUT2D eigenvalue weighted by Crippen LogP contribution is 2.23. The van der Waals surface area contributed by atoms with E-state index in [1.165, 1.54) is 6.92 Å². The number of halogens is 1. The zero-order valence-corrected chi connectivity index (χ0v) is 14.3. The molecule has 0 spiro atoms. The first-order chi connectivity index (χ1) is 11.4. The Morgan fingerprint density at radius 2 is 1.83 bits per heavy atom. The van der Waals surface area contributed by atoms with Crippen LogP contribution in [0.3, 0.4) is 0 Å². The molecule has 1 aliphatic heterocycles. The van der Waals surface area contributed by atoms with Crippen molar-refractivity contribution in [2.45, 2.75) is 32.2 Å². The summed E-state index contributed by atoms with van der Waals surface area (Å²) in [5.41, 5.74) is 0.809. The lowest BCUT2D eigenvalue weighted by Gasteiger charge is -2.31. The fourth-order valence-electron chi connectivity index (χ4n) is 2.87. The number of carbonyl (C=O) groups excluding carboxylic acids is 2. The molecule has 2 amide bonds. The molecule has 1 aromatic carbocycles. The molecule has 1 unspecified atom stereocenters. The molecule has 2 rings (SSSR count). The van der Waals surface area contributed by atoms with Crippen LogP contribution in [0, 0.1) is 5.92 Å². The normalized spacial score (nSPS) is 16.5. The molecule has 1 aromatic rings. The molecule has 0 bridgehead atoms. The largest absolute Gasteiger partial charge is 0.481 e. The van der Waals surface area contributed by atoms with Crippen LogP contribution in [0.25, 0.3) is 0 Å². The molecule has 1 saturated heterocycles. The van der Waals surface area contributed by atoms with E-state index in [0.717, 1.165) is 5.56 Å². The van der Waals surface area contributed by atoms with Crippen molar-refractivity contribution in [3.63, 3.8) is 0 Å². The summed E-state index contributed by atoms with van der Waals surface area (Å²) in [6.45, 7) is 2.28. The van der Waals surface area contributed by atoms with Crippen molar-refractivity contribution in [1.29, 1.82) is 0 Å². The van der Waals surface area contributed by atoms with Crippen molar-refractivity contribution < 1.29 is 19.5 Å². The highest BCUT2D eigenvalue weighted by molar-refractivity contribution is 6.30. The number of likely N-dealkylation sites (tertiary alicyclic amines) is 1. The van der Waals surface area contributed by atoms with Gasteiger partial charge in [0, 0.05) is 25.0 Å². The third-order valence-electron chi connectivity index (χ3n) is 4.23. The number of carbonyl (C=O) groups is 3. The average Bonchev–Trinajstić information content (AvgIpc) is 2.54. The summed E-state index contributed by atoms with van der Waals surface area (Å²) in [5.74, 6) is -1.49. The number of benzene rings is 1. The van der Waals surface area contributed by atoms with E-state index in [0.29, 0.717) is 31.0 Å². The van der Waals surface area contributed by atoms with Crippen molar-refractivity contribution in [3.8, 4) is 0 Å². The molecule has 1 atom stereocenters. The van der Waals surface area contributed by atoms with Crippen LogP contribution in [0.15, 0.2) is 24.3 Å². The monoisotopic (exact) mass is 352 g/mol. The molecular formula is C17H21ClN2O4. The lowest BCUT2D eigenvalue weighted by Crippen LogP contribution is -2.42. The van der Waals surface area contributed by atoms with Gasteiger partial charge in [0.1, 0.15) is 0 Å². The minimum absolute atomic E-state index is 0.0902. The van der Waals surface area contributed by atoms with Gasteiger partial charge in [-0.15, -0.1) is 0 Å². The summed E-state index contributed by atoms with van der Waals surface area (Å²) in [6.07, 6.45) is 1.07. The predicted molar refractivity (Wildman–Crippen MR) is 89.6 cm³/mol. The van der Waals surface area contributed by atoms with Gasteiger partial charge in [0.2, 0.25) is 11.8 Å². The van der Waals surface area contributed by atoms with Crippen LogP contribution in [-0.2, 0) is 14.4 Å². The van der Waals surface area contributed by atoms with Crippen LogP contribution in [-0.4, -0.2) is 40.9 Å². The Morgan fingerprint density at radius 1 is 1.25 bits per heavy atom.